The summed E-state index contributed by atoms with van der Waals surface area (Å²) < 4.78 is 2.57. The monoisotopic (exact) mass is 400 g/mol. The van der Waals surface area contributed by atoms with Gasteiger partial charge in [-0.25, -0.2) is 0 Å². The number of fused-ring (bicyclic) bond motifs is 8. The zero-order chi connectivity index (χ0) is 20.9. The van der Waals surface area contributed by atoms with Crippen LogP contribution in [0.2, 0.25) is 0 Å². The molecule has 0 amide bonds. The molecule has 1 heteroatoms. The lowest BCUT2D eigenvalue weighted by Gasteiger charge is -2.39. The van der Waals surface area contributed by atoms with Crippen LogP contribution in [0.5, 0.6) is 0 Å². The highest BCUT2D eigenvalue weighted by atomic mass is 15.1. The molecule has 1 aliphatic heterocycles. The Kier molecular flexibility index (Phi) is 3.23. The first-order valence-corrected chi connectivity index (χ1v) is 11.4. The Morgan fingerprint density at radius 1 is 0.774 bits per heavy atom. The van der Waals surface area contributed by atoms with Gasteiger partial charge in [0.2, 0.25) is 0 Å². The zero-order valence-corrected chi connectivity index (χ0v) is 18.4. The first-order valence-electron chi connectivity index (χ1n) is 11.4. The molecule has 3 aliphatic rings. The SMILES string of the molecule is Cc1cccc2c1C(C)(C)[n+]1cccc3c1C2c1c(ccc2c1-c1ccccc1C2)C3. The van der Waals surface area contributed by atoms with Gasteiger partial charge >= 0.3 is 0 Å². The summed E-state index contributed by atoms with van der Waals surface area (Å²) in [6, 6.07) is 25.3. The van der Waals surface area contributed by atoms with E-state index in [9.17, 15) is 0 Å². The molecular formula is C30H26N+. The Bertz CT molecular complexity index is 1420. The number of hydrogen-bond donors (Lipinski definition) is 0. The summed E-state index contributed by atoms with van der Waals surface area (Å²) in [6.07, 6.45) is 4.39. The second-order valence-electron chi connectivity index (χ2n) is 10.0. The van der Waals surface area contributed by atoms with Gasteiger partial charge < -0.3 is 0 Å². The van der Waals surface area contributed by atoms with Crippen molar-refractivity contribution in [2.75, 3.05) is 0 Å². The van der Waals surface area contributed by atoms with Gasteiger partial charge in [-0.15, -0.1) is 0 Å². The van der Waals surface area contributed by atoms with Crippen LogP contribution in [0.15, 0.2) is 72.9 Å². The van der Waals surface area contributed by atoms with Gasteiger partial charge in [-0.05, 0) is 63.9 Å². The van der Waals surface area contributed by atoms with Gasteiger partial charge in [-0.1, -0.05) is 54.6 Å². The second kappa shape index (κ2) is 5.73. The van der Waals surface area contributed by atoms with Crippen LogP contribution in [-0.4, -0.2) is 0 Å². The highest BCUT2D eigenvalue weighted by Crippen LogP contribution is 2.52. The van der Waals surface area contributed by atoms with Crippen LogP contribution < -0.4 is 4.57 Å². The van der Waals surface area contributed by atoms with E-state index in [1.54, 1.807) is 5.56 Å². The molecule has 0 bridgehead atoms. The third kappa shape index (κ3) is 2.09. The maximum atomic E-state index is 2.57. The van der Waals surface area contributed by atoms with Crippen molar-refractivity contribution in [2.24, 2.45) is 0 Å². The lowest BCUT2D eigenvalue weighted by Crippen LogP contribution is -2.60. The summed E-state index contributed by atoms with van der Waals surface area (Å²) in [5, 5.41) is 0. The minimum absolute atomic E-state index is 0.0596. The average Bonchev–Trinajstić information content (AvgIpc) is 3.15. The summed E-state index contributed by atoms with van der Waals surface area (Å²) in [4.78, 5) is 0. The number of pyridine rings is 1. The van der Waals surface area contributed by atoms with Crippen LogP contribution in [0.25, 0.3) is 11.1 Å². The third-order valence-electron chi connectivity index (χ3n) is 7.98. The Hall–Kier alpha value is -3.19. The maximum Gasteiger partial charge on any atom is 0.197 e. The molecule has 1 unspecified atom stereocenters. The van der Waals surface area contributed by atoms with Crippen molar-refractivity contribution in [1.29, 1.82) is 0 Å². The summed E-state index contributed by atoms with van der Waals surface area (Å²) >= 11 is 0. The van der Waals surface area contributed by atoms with Crippen LogP contribution in [0, 0.1) is 6.92 Å². The Labute approximate surface area is 184 Å². The smallest absolute Gasteiger partial charge is 0.192 e. The molecule has 2 heterocycles. The number of rotatable bonds is 0. The normalized spacial score (nSPS) is 18.5. The fraction of sp³-hybridized carbons (Fsp3) is 0.233. The first kappa shape index (κ1) is 17.5. The number of aromatic nitrogens is 1. The molecule has 7 rings (SSSR count). The van der Waals surface area contributed by atoms with Crippen molar-refractivity contribution in [3.8, 4) is 11.1 Å². The van der Waals surface area contributed by atoms with E-state index in [-0.39, 0.29) is 5.54 Å². The van der Waals surface area contributed by atoms with E-state index in [1.807, 2.05) is 0 Å². The number of aryl methyl sites for hydroxylation is 1. The van der Waals surface area contributed by atoms with Crippen LogP contribution >= 0.6 is 0 Å². The van der Waals surface area contributed by atoms with Crippen molar-refractivity contribution >= 4 is 0 Å². The highest BCUT2D eigenvalue weighted by Gasteiger charge is 2.49. The maximum absolute atomic E-state index is 2.57. The van der Waals surface area contributed by atoms with Gasteiger partial charge in [-0.3, -0.25) is 0 Å². The molecule has 1 aromatic heterocycles. The first-order chi connectivity index (χ1) is 15.1. The van der Waals surface area contributed by atoms with Crippen molar-refractivity contribution in [3.05, 3.63) is 123 Å². The average molecular weight is 401 g/mol. The molecule has 2 aliphatic carbocycles. The van der Waals surface area contributed by atoms with Crippen LogP contribution in [0.1, 0.15) is 70.0 Å². The van der Waals surface area contributed by atoms with Gasteiger partial charge in [0.05, 0.1) is 5.92 Å². The molecule has 31 heavy (non-hydrogen) atoms. The fourth-order valence-electron chi connectivity index (χ4n) is 6.84. The largest absolute Gasteiger partial charge is 0.197 e. The quantitative estimate of drug-likeness (QED) is 0.274. The highest BCUT2D eigenvalue weighted by molar-refractivity contribution is 5.83. The van der Waals surface area contributed by atoms with Gasteiger partial charge in [0.15, 0.2) is 17.4 Å². The van der Waals surface area contributed by atoms with Crippen molar-refractivity contribution in [2.45, 2.75) is 45.1 Å². The number of benzene rings is 3. The van der Waals surface area contributed by atoms with Gasteiger partial charge in [-0.2, -0.15) is 4.57 Å². The molecule has 3 aromatic carbocycles. The molecule has 0 saturated heterocycles. The van der Waals surface area contributed by atoms with E-state index in [2.05, 4.69) is 98.3 Å². The van der Waals surface area contributed by atoms with Crippen molar-refractivity contribution in [3.63, 3.8) is 0 Å². The minimum Gasteiger partial charge on any atom is -0.192 e. The standard InChI is InChI=1S/C30H26N/c1-18-8-6-12-24-27-26-21(14-13-20-16-19-9-4-5-11-23(19)25(20)26)17-22-10-7-15-31(29(22)27)30(2,3)28(18)24/h4-15,27H,16-17H2,1-3H3/q+1. The Morgan fingerprint density at radius 2 is 1.55 bits per heavy atom. The van der Waals surface area contributed by atoms with Crippen molar-refractivity contribution in [1.82, 2.24) is 0 Å². The topological polar surface area (TPSA) is 3.88 Å². The molecule has 150 valence electrons. The van der Waals surface area contributed by atoms with E-state index in [1.165, 1.54) is 55.8 Å². The third-order valence-corrected chi connectivity index (χ3v) is 7.98. The zero-order valence-electron chi connectivity index (χ0n) is 18.4. The lowest BCUT2D eigenvalue weighted by molar-refractivity contribution is -0.757. The van der Waals surface area contributed by atoms with Gasteiger partial charge in [0.25, 0.3) is 0 Å². The van der Waals surface area contributed by atoms with E-state index >= 15 is 0 Å². The summed E-state index contributed by atoms with van der Waals surface area (Å²) in [5.74, 6) is 0.295. The van der Waals surface area contributed by atoms with Gasteiger partial charge in [0.1, 0.15) is 0 Å². The van der Waals surface area contributed by atoms with Crippen LogP contribution in [-0.2, 0) is 18.4 Å². The number of hydrogen-bond acceptors (Lipinski definition) is 0. The molecule has 0 N–H and O–H groups in total. The van der Waals surface area contributed by atoms with Gasteiger partial charge in [0, 0.05) is 37.5 Å². The second-order valence-corrected chi connectivity index (χ2v) is 10.0. The molecule has 0 saturated carbocycles. The van der Waals surface area contributed by atoms with E-state index in [4.69, 9.17) is 0 Å². The molecule has 0 fully saturated rings. The minimum atomic E-state index is -0.0596. The summed E-state index contributed by atoms with van der Waals surface area (Å²) in [6.45, 7) is 7.05. The van der Waals surface area contributed by atoms with Crippen LogP contribution in [0.4, 0.5) is 0 Å². The van der Waals surface area contributed by atoms with E-state index < -0.39 is 0 Å². The fourth-order valence-corrected chi connectivity index (χ4v) is 6.84. The predicted octanol–water partition coefficient (Wildman–Crippen LogP) is 6.03. The lowest BCUT2D eigenvalue weighted by atomic mass is 9.67. The molecule has 1 nitrogen and oxygen atoms in total. The molecule has 0 radical (unpaired) electrons. The molecule has 4 aromatic rings. The molecule has 0 spiro atoms. The Morgan fingerprint density at radius 3 is 2.45 bits per heavy atom. The van der Waals surface area contributed by atoms with E-state index in [0.717, 1.165) is 12.8 Å². The predicted molar refractivity (Wildman–Crippen MR) is 125 cm³/mol. The van der Waals surface area contributed by atoms with E-state index in [0.29, 0.717) is 5.92 Å². The molecular weight excluding hydrogens is 374 g/mol. The molecule has 1 atom stereocenters. The van der Waals surface area contributed by atoms with Crippen LogP contribution in [0.3, 0.4) is 0 Å². The number of nitrogens with zero attached hydrogens (tertiary/aromatic N) is 1. The van der Waals surface area contributed by atoms with Crippen molar-refractivity contribution < 1.29 is 4.57 Å². The summed E-state index contributed by atoms with van der Waals surface area (Å²) in [7, 11) is 0. The summed E-state index contributed by atoms with van der Waals surface area (Å²) in [5.41, 5.74) is 16.3. The Balaban J connectivity index is 1.63.